The van der Waals surface area contributed by atoms with Crippen LogP contribution in [0.1, 0.15) is 55.0 Å². The van der Waals surface area contributed by atoms with Gasteiger partial charge in [0.2, 0.25) is 0 Å². The fraction of sp³-hybridized carbons (Fsp3) is 0.667. The van der Waals surface area contributed by atoms with Crippen LogP contribution in [0.25, 0.3) is 0 Å². The van der Waals surface area contributed by atoms with Crippen LogP contribution in [0.5, 0.6) is 0 Å². The van der Waals surface area contributed by atoms with E-state index in [1.807, 2.05) is 23.2 Å². The number of carbonyl (C=O) groups excluding carboxylic acids is 1. The molecule has 0 N–H and O–H groups in total. The molecule has 1 aromatic rings. The summed E-state index contributed by atoms with van der Waals surface area (Å²) in [5.74, 6) is 1.98. The van der Waals surface area contributed by atoms with Gasteiger partial charge < -0.3 is 9.47 Å². The Bertz CT molecular complexity index is 607. The van der Waals surface area contributed by atoms with E-state index >= 15 is 0 Å². The van der Waals surface area contributed by atoms with Crippen molar-refractivity contribution in [3.63, 3.8) is 0 Å². The Morgan fingerprint density at radius 1 is 1.22 bits per heavy atom. The van der Waals surface area contributed by atoms with Gasteiger partial charge in [0.25, 0.3) is 5.91 Å². The molecule has 3 heterocycles. The first-order valence-electron chi connectivity index (χ1n) is 8.98. The molecular formula is C18H26N4O. The summed E-state index contributed by atoms with van der Waals surface area (Å²) < 4.78 is 2.19. The molecule has 4 rings (SSSR count). The fourth-order valence-electron chi connectivity index (χ4n) is 4.22. The van der Waals surface area contributed by atoms with Crippen LogP contribution >= 0.6 is 0 Å². The summed E-state index contributed by atoms with van der Waals surface area (Å²) in [4.78, 5) is 21.6. The highest BCUT2D eigenvalue weighted by Gasteiger charge is 2.30. The van der Waals surface area contributed by atoms with E-state index in [1.54, 1.807) is 0 Å². The van der Waals surface area contributed by atoms with Crippen LogP contribution in [0.3, 0.4) is 0 Å². The van der Waals surface area contributed by atoms with Crippen molar-refractivity contribution in [2.75, 3.05) is 26.2 Å². The highest BCUT2D eigenvalue weighted by atomic mass is 16.2. The number of hydrogen-bond acceptors (Lipinski definition) is 3. The normalized spacial score (nSPS) is 25.3. The van der Waals surface area contributed by atoms with Crippen molar-refractivity contribution >= 4 is 5.91 Å². The molecular weight excluding hydrogens is 288 g/mol. The van der Waals surface area contributed by atoms with Gasteiger partial charge in [-0.15, -0.1) is 0 Å². The van der Waals surface area contributed by atoms with Crippen LogP contribution < -0.4 is 0 Å². The van der Waals surface area contributed by atoms with E-state index in [1.165, 1.54) is 32.2 Å². The molecule has 0 spiro atoms. The maximum atomic E-state index is 12.5. The lowest BCUT2D eigenvalue weighted by Crippen LogP contribution is -2.39. The largest absolute Gasteiger partial charge is 0.331 e. The summed E-state index contributed by atoms with van der Waals surface area (Å²) in [6.45, 7) is 6.87. The summed E-state index contributed by atoms with van der Waals surface area (Å²) in [6.07, 6.45) is 11.6. The lowest BCUT2D eigenvalue weighted by molar-refractivity contribution is 0.0794. The Balaban J connectivity index is 1.48. The Kier molecular flexibility index (Phi) is 3.97. The van der Waals surface area contributed by atoms with E-state index in [9.17, 15) is 4.79 Å². The molecule has 1 saturated carbocycles. The average molecular weight is 314 g/mol. The average Bonchev–Trinajstić information content (AvgIpc) is 3.31. The van der Waals surface area contributed by atoms with Crippen molar-refractivity contribution in [2.45, 2.75) is 45.2 Å². The van der Waals surface area contributed by atoms with Gasteiger partial charge in [-0.25, -0.2) is 4.98 Å². The predicted octanol–water partition coefficient (Wildman–Crippen LogP) is 2.46. The van der Waals surface area contributed by atoms with Crippen LogP contribution in [0.15, 0.2) is 18.3 Å². The number of hydrogen-bond donors (Lipinski definition) is 0. The Labute approximate surface area is 138 Å². The summed E-state index contributed by atoms with van der Waals surface area (Å²) in [7, 11) is 0. The molecule has 0 aromatic carbocycles. The lowest BCUT2D eigenvalue weighted by Gasteiger charge is -2.35. The number of carbonyl (C=O) groups is 1. The molecule has 5 heteroatoms. The minimum absolute atomic E-state index is 0.0615. The van der Waals surface area contributed by atoms with Gasteiger partial charge >= 0.3 is 0 Å². The van der Waals surface area contributed by atoms with Gasteiger partial charge in [0.15, 0.2) is 0 Å². The number of amides is 1. The van der Waals surface area contributed by atoms with Crippen LogP contribution in [-0.2, 0) is 6.54 Å². The molecule has 1 aliphatic carbocycles. The standard InChI is InChI=1S/C18H26N4O/c1-14-17-19-16(18(23)20-8-4-5-9-20)13-22(17)11-10-21(14)12-15-6-2-3-7-15/h4-5,13-15H,2-3,6-12H2,1H3. The van der Waals surface area contributed by atoms with Crippen molar-refractivity contribution in [2.24, 2.45) is 5.92 Å². The minimum Gasteiger partial charge on any atom is -0.331 e. The topological polar surface area (TPSA) is 41.4 Å². The monoisotopic (exact) mass is 314 g/mol. The van der Waals surface area contributed by atoms with Crippen molar-refractivity contribution in [3.05, 3.63) is 29.9 Å². The zero-order valence-corrected chi connectivity index (χ0v) is 13.9. The summed E-state index contributed by atoms with van der Waals surface area (Å²) >= 11 is 0. The second kappa shape index (κ2) is 6.11. The second-order valence-corrected chi connectivity index (χ2v) is 7.18. The number of nitrogens with zero attached hydrogens (tertiary/aromatic N) is 4. The molecule has 3 aliphatic rings. The first-order chi connectivity index (χ1) is 11.2. The van der Waals surface area contributed by atoms with E-state index in [-0.39, 0.29) is 5.91 Å². The Hall–Kier alpha value is -1.62. The molecule has 1 atom stereocenters. The van der Waals surface area contributed by atoms with Gasteiger partial charge in [0, 0.05) is 38.9 Å². The minimum atomic E-state index is 0.0615. The van der Waals surface area contributed by atoms with Gasteiger partial charge in [-0.1, -0.05) is 25.0 Å². The summed E-state index contributed by atoms with van der Waals surface area (Å²) in [5.41, 5.74) is 0.610. The summed E-state index contributed by atoms with van der Waals surface area (Å²) in [5, 5.41) is 0. The van der Waals surface area contributed by atoms with Gasteiger partial charge in [-0.2, -0.15) is 0 Å². The molecule has 5 nitrogen and oxygen atoms in total. The van der Waals surface area contributed by atoms with Gasteiger partial charge in [0.05, 0.1) is 6.04 Å². The molecule has 1 aromatic heterocycles. The van der Waals surface area contributed by atoms with Crippen LogP contribution in [0, 0.1) is 5.92 Å². The molecule has 1 amide bonds. The molecule has 0 radical (unpaired) electrons. The van der Waals surface area contributed by atoms with Gasteiger partial charge in [-0.05, 0) is 25.7 Å². The van der Waals surface area contributed by atoms with Crippen molar-refractivity contribution < 1.29 is 4.79 Å². The smallest absolute Gasteiger partial charge is 0.274 e. The van der Waals surface area contributed by atoms with Crippen molar-refractivity contribution in [3.8, 4) is 0 Å². The van der Waals surface area contributed by atoms with Gasteiger partial charge in [0.1, 0.15) is 11.5 Å². The number of aromatic nitrogens is 2. The van der Waals surface area contributed by atoms with E-state index in [4.69, 9.17) is 4.98 Å². The third-order valence-electron chi connectivity index (χ3n) is 5.65. The zero-order chi connectivity index (χ0) is 15.8. The SMILES string of the molecule is CC1c2nc(C(=O)N3CC=CC3)cn2CCN1CC1CCCC1. The van der Waals surface area contributed by atoms with Crippen LogP contribution in [0.4, 0.5) is 0 Å². The van der Waals surface area contributed by atoms with Crippen LogP contribution in [-0.4, -0.2) is 51.4 Å². The molecule has 0 saturated heterocycles. The zero-order valence-electron chi connectivity index (χ0n) is 13.9. The second-order valence-electron chi connectivity index (χ2n) is 7.18. The Morgan fingerprint density at radius 3 is 2.70 bits per heavy atom. The highest BCUT2D eigenvalue weighted by molar-refractivity contribution is 5.92. The first kappa shape index (κ1) is 14.9. The van der Waals surface area contributed by atoms with E-state index in [2.05, 4.69) is 16.4 Å². The quantitative estimate of drug-likeness (QED) is 0.805. The molecule has 124 valence electrons. The summed E-state index contributed by atoms with van der Waals surface area (Å²) in [6, 6.07) is 0.308. The van der Waals surface area contributed by atoms with Crippen molar-refractivity contribution in [1.29, 1.82) is 0 Å². The molecule has 0 bridgehead atoms. The molecule has 2 aliphatic heterocycles. The van der Waals surface area contributed by atoms with E-state index in [0.29, 0.717) is 24.8 Å². The van der Waals surface area contributed by atoms with Crippen LogP contribution in [0.2, 0.25) is 0 Å². The maximum Gasteiger partial charge on any atom is 0.274 e. The first-order valence-corrected chi connectivity index (χ1v) is 8.98. The van der Waals surface area contributed by atoms with E-state index in [0.717, 1.165) is 24.8 Å². The highest BCUT2D eigenvalue weighted by Crippen LogP contribution is 2.31. The van der Waals surface area contributed by atoms with Crippen molar-refractivity contribution in [1.82, 2.24) is 19.4 Å². The molecule has 23 heavy (non-hydrogen) atoms. The fourth-order valence-corrected chi connectivity index (χ4v) is 4.22. The lowest BCUT2D eigenvalue weighted by atomic mass is 10.1. The Morgan fingerprint density at radius 2 is 1.96 bits per heavy atom. The number of fused-ring (bicyclic) bond motifs is 1. The maximum absolute atomic E-state index is 12.5. The number of rotatable bonds is 3. The molecule has 1 fully saturated rings. The molecule has 1 unspecified atom stereocenters. The van der Waals surface area contributed by atoms with E-state index < -0.39 is 0 Å². The third kappa shape index (κ3) is 2.82. The third-order valence-corrected chi connectivity index (χ3v) is 5.65. The predicted molar refractivity (Wildman–Crippen MR) is 89.2 cm³/mol. The number of imidazole rings is 1. The van der Waals surface area contributed by atoms with Gasteiger partial charge in [-0.3, -0.25) is 9.69 Å².